The van der Waals surface area contributed by atoms with E-state index in [4.69, 9.17) is 16.0 Å². The molecule has 0 aromatic carbocycles. The van der Waals surface area contributed by atoms with Crippen molar-refractivity contribution < 1.29 is 4.42 Å². The highest BCUT2D eigenvalue weighted by molar-refractivity contribution is 6.28. The normalized spacial score (nSPS) is 11.0. The van der Waals surface area contributed by atoms with Gasteiger partial charge in [-0.25, -0.2) is 4.98 Å². The van der Waals surface area contributed by atoms with Crippen LogP contribution in [0.1, 0.15) is 30.1 Å². The van der Waals surface area contributed by atoms with E-state index in [1.807, 2.05) is 20.8 Å². The summed E-state index contributed by atoms with van der Waals surface area (Å²) in [5, 5.41) is 8.16. The van der Waals surface area contributed by atoms with Gasteiger partial charge in [0.2, 0.25) is 11.2 Å². The van der Waals surface area contributed by atoms with E-state index in [1.54, 1.807) is 4.57 Å². The average molecular weight is 241 g/mol. The van der Waals surface area contributed by atoms with Crippen molar-refractivity contribution in [3.05, 3.63) is 28.5 Å². The third-order valence-corrected chi connectivity index (χ3v) is 2.74. The first-order chi connectivity index (χ1) is 7.61. The fourth-order valence-corrected chi connectivity index (χ4v) is 1.67. The minimum absolute atomic E-state index is 0.366. The number of halogens is 1. The Morgan fingerprint density at radius 2 is 2.06 bits per heavy atom. The Labute approximate surface area is 98.5 Å². The highest BCUT2D eigenvalue weighted by atomic mass is 35.5. The number of oxazole rings is 1. The molecule has 0 bridgehead atoms. The fraction of sp³-hybridized carbons (Fsp3) is 0.500. The monoisotopic (exact) mass is 240 g/mol. The van der Waals surface area contributed by atoms with E-state index in [1.165, 1.54) is 0 Å². The zero-order valence-electron chi connectivity index (χ0n) is 9.49. The van der Waals surface area contributed by atoms with E-state index in [0.717, 1.165) is 23.7 Å². The molecule has 2 aromatic rings. The van der Waals surface area contributed by atoms with Crippen molar-refractivity contribution in [2.24, 2.45) is 0 Å². The molecule has 0 saturated carbocycles. The molecule has 0 N–H and O–H groups in total. The van der Waals surface area contributed by atoms with E-state index < -0.39 is 0 Å². The maximum atomic E-state index is 5.94. The van der Waals surface area contributed by atoms with Crippen LogP contribution < -0.4 is 0 Å². The van der Waals surface area contributed by atoms with Crippen LogP contribution in [0.25, 0.3) is 0 Å². The molecule has 0 aliphatic heterocycles. The second-order valence-corrected chi connectivity index (χ2v) is 3.91. The van der Waals surface area contributed by atoms with Gasteiger partial charge in [-0.1, -0.05) is 6.92 Å². The first-order valence-electron chi connectivity index (χ1n) is 5.12. The van der Waals surface area contributed by atoms with E-state index >= 15 is 0 Å². The van der Waals surface area contributed by atoms with E-state index in [0.29, 0.717) is 17.7 Å². The Hall–Kier alpha value is -1.36. The standard InChI is InChI=1S/C10H13ClN4O/c1-4-8-13-14-10(11)15(8)5-9-12-6(2)7(3)16-9/h4-5H2,1-3H3. The number of aromatic nitrogens is 4. The molecule has 0 unspecified atom stereocenters. The fourth-order valence-electron chi connectivity index (χ4n) is 1.47. The van der Waals surface area contributed by atoms with Crippen molar-refractivity contribution in [1.82, 2.24) is 19.7 Å². The number of rotatable bonds is 3. The molecule has 0 fully saturated rings. The van der Waals surface area contributed by atoms with Crippen molar-refractivity contribution in [1.29, 1.82) is 0 Å². The van der Waals surface area contributed by atoms with Crippen LogP contribution in [0.15, 0.2) is 4.42 Å². The molecule has 0 radical (unpaired) electrons. The smallest absolute Gasteiger partial charge is 0.225 e. The van der Waals surface area contributed by atoms with Crippen molar-refractivity contribution in [3.63, 3.8) is 0 Å². The molecule has 5 nitrogen and oxygen atoms in total. The lowest BCUT2D eigenvalue weighted by atomic mass is 10.4. The summed E-state index contributed by atoms with van der Waals surface area (Å²) >= 11 is 5.94. The highest BCUT2D eigenvalue weighted by Gasteiger charge is 2.12. The van der Waals surface area contributed by atoms with Crippen molar-refractivity contribution in [2.45, 2.75) is 33.7 Å². The summed E-state index contributed by atoms with van der Waals surface area (Å²) in [6.45, 7) is 6.28. The Morgan fingerprint density at radius 3 is 2.62 bits per heavy atom. The predicted molar refractivity (Wildman–Crippen MR) is 59.5 cm³/mol. The van der Waals surface area contributed by atoms with Crippen LogP contribution in [-0.4, -0.2) is 19.7 Å². The molecule has 6 heteroatoms. The first-order valence-corrected chi connectivity index (χ1v) is 5.50. The van der Waals surface area contributed by atoms with Crippen LogP contribution in [0.4, 0.5) is 0 Å². The number of aryl methyl sites for hydroxylation is 3. The molecule has 16 heavy (non-hydrogen) atoms. The summed E-state index contributed by atoms with van der Waals surface area (Å²) < 4.78 is 7.29. The van der Waals surface area contributed by atoms with Gasteiger partial charge in [0.15, 0.2) is 0 Å². The molecule has 2 rings (SSSR count). The summed E-state index contributed by atoms with van der Waals surface area (Å²) in [4.78, 5) is 4.30. The molecule has 0 saturated heterocycles. The number of nitrogens with zero attached hydrogens (tertiary/aromatic N) is 4. The zero-order chi connectivity index (χ0) is 11.7. The molecule has 0 aliphatic rings. The Kier molecular flexibility index (Phi) is 2.96. The van der Waals surface area contributed by atoms with Gasteiger partial charge >= 0.3 is 0 Å². The van der Waals surface area contributed by atoms with E-state index in [-0.39, 0.29) is 0 Å². The van der Waals surface area contributed by atoms with Crippen molar-refractivity contribution in [3.8, 4) is 0 Å². The lowest BCUT2D eigenvalue weighted by Gasteiger charge is -2.02. The summed E-state index contributed by atoms with van der Waals surface area (Å²) in [5.74, 6) is 2.29. The van der Waals surface area contributed by atoms with Crippen LogP contribution in [0.2, 0.25) is 5.28 Å². The van der Waals surface area contributed by atoms with Gasteiger partial charge in [0.05, 0.1) is 5.69 Å². The largest absolute Gasteiger partial charge is 0.444 e. The minimum Gasteiger partial charge on any atom is -0.444 e. The summed E-state index contributed by atoms with van der Waals surface area (Å²) in [6, 6.07) is 0. The zero-order valence-corrected chi connectivity index (χ0v) is 10.2. The van der Waals surface area contributed by atoms with Gasteiger partial charge < -0.3 is 4.42 Å². The molecule has 0 aliphatic carbocycles. The molecule has 2 aromatic heterocycles. The molecule has 2 heterocycles. The average Bonchev–Trinajstić information content (AvgIpc) is 2.74. The molecular weight excluding hydrogens is 228 g/mol. The van der Waals surface area contributed by atoms with Gasteiger partial charge in [-0.05, 0) is 25.4 Å². The topological polar surface area (TPSA) is 56.7 Å². The highest BCUT2D eigenvalue weighted by Crippen LogP contribution is 2.14. The minimum atomic E-state index is 0.366. The maximum Gasteiger partial charge on any atom is 0.225 e. The lowest BCUT2D eigenvalue weighted by Crippen LogP contribution is -2.05. The number of hydrogen-bond acceptors (Lipinski definition) is 4. The van der Waals surface area contributed by atoms with Crippen LogP contribution in [0.5, 0.6) is 0 Å². The Morgan fingerprint density at radius 1 is 1.31 bits per heavy atom. The summed E-state index contributed by atoms with van der Waals surface area (Å²) in [7, 11) is 0. The summed E-state index contributed by atoms with van der Waals surface area (Å²) in [6.07, 6.45) is 0.776. The molecule has 0 amide bonds. The van der Waals surface area contributed by atoms with Crippen LogP contribution in [0.3, 0.4) is 0 Å². The van der Waals surface area contributed by atoms with Gasteiger partial charge in [-0.15, -0.1) is 10.2 Å². The third kappa shape index (κ3) is 1.95. The molecular formula is C10H13ClN4O. The van der Waals surface area contributed by atoms with Crippen molar-refractivity contribution >= 4 is 11.6 Å². The van der Waals surface area contributed by atoms with Gasteiger partial charge in [-0.3, -0.25) is 4.57 Å². The van der Waals surface area contributed by atoms with Crippen LogP contribution in [0, 0.1) is 13.8 Å². The second kappa shape index (κ2) is 4.25. The van der Waals surface area contributed by atoms with Crippen LogP contribution >= 0.6 is 11.6 Å². The molecule has 86 valence electrons. The predicted octanol–water partition coefficient (Wildman–Crippen LogP) is 2.15. The molecule has 0 atom stereocenters. The summed E-state index contributed by atoms with van der Waals surface area (Å²) in [5.41, 5.74) is 0.900. The Bertz CT molecular complexity index is 483. The number of hydrogen-bond donors (Lipinski definition) is 0. The van der Waals surface area contributed by atoms with E-state index in [9.17, 15) is 0 Å². The van der Waals surface area contributed by atoms with Gasteiger partial charge in [-0.2, -0.15) is 0 Å². The van der Waals surface area contributed by atoms with E-state index in [2.05, 4.69) is 15.2 Å². The SMILES string of the molecule is CCc1nnc(Cl)n1Cc1nc(C)c(C)o1. The quantitative estimate of drug-likeness (QED) is 0.825. The Balaban J connectivity index is 2.29. The molecule has 0 spiro atoms. The van der Waals surface area contributed by atoms with Crippen molar-refractivity contribution in [2.75, 3.05) is 0 Å². The first kappa shape index (κ1) is 11.1. The van der Waals surface area contributed by atoms with Gasteiger partial charge in [0.1, 0.15) is 18.1 Å². The van der Waals surface area contributed by atoms with Crippen LogP contribution in [-0.2, 0) is 13.0 Å². The maximum absolute atomic E-state index is 5.94. The third-order valence-electron chi connectivity index (χ3n) is 2.46. The van der Waals surface area contributed by atoms with Gasteiger partial charge in [0.25, 0.3) is 0 Å². The second-order valence-electron chi connectivity index (χ2n) is 3.57. The lowest BCUT2D eigenvalue weighted by molar-refractivity contribution is 0.453. The van der Waals surface area contributed by atoms with Gasteiger partial charge in [0, 0.05) is 6.42 Å².